The van der Waals surface area contributed by atoms with E-state index in [0.717, 1.165) is 0 Å². The lowest BCUT2D eigenvalue weighted by Crippen LogP contribution is -1.97. The summed E-state index contributed by atoms with van der Waals surface area (Å²) in [6.45, 7) is 1.44. The van der Waals surface area contributed by atoms with Gasteiger partial charge < -0.3 is 0 Å². The number of benzene rings is 1. The number of fused-ring (bicyclic) bond motifs is 1. The molecule has 2 heterocycles. The lowest BCUT2D eigenvalue weighted by atomic mass is 10.1. The zero-order valence-electron chi connectivity index (χ0n) is 10.6. The van der Waals surface area contributed by atoms with Crippen LogP contribution in [0.1, 0.15) is 17.4 Å². The minimum Gasteiger partial charge on any atom is -0.297 e. The maximum Gasteiger partial charge on any atom is 0.180 e. The SMILES string of the molecule is CC(=O)c1nc2ccc(Cl)cn2c1-c1cccc(F)c1. The molecule has 3 aromatic rings. The molecule has 3 rings (SSSR count). The Balaban J connectivity index is 2.39. The van der Waals surface area contributed by atoms with Crippen molar-refractivity contribution in [3.05, 3.63) is 59.1 Å². The minimum atomic E-state index is -0.367. The Hall–Kier alpha value is -2.20. The van der Waals surface area contributed by atoms with Crippen LogP contribution in [0.15, 0.2) is 42.6 Å². The van der Waals surface area contributed by atoms with Crippen LogP contribution in [-0.2, 0) is 0 Å². The summed E-state index contributed by atoms with van der Waals surface area (Å²) in [5.74, 6) is -0.543. The standard InChI is InChI=1S/C15H10ClFN2O/c1-9(20)14-15(10-3-2-4-12(17)7-10)19-8-11(16)5-6-13(19)18-14/h2-8H,1H3. The average molecular weight is 289 g/mol. The van der Waals surface area contributed by atoms with E-state index in [1.807, 2.05) is 0 Å². The highest BCUT2D eigenvalue weighted by atomic mass is 35.5. The first-order chi connectivity index (χ1) is 9.56. The predicted octanol–water partition coefficient (Wildman–Crippen LogP) is 4.00. The molecule has 0 radical (unpaired) electrons. The minimum absolute atomic E-state index is 0.177. The van der Waals surface area contributed by atoms with Crippen molar-refractivity contribution in [2.24, 2.45) is 0 Å². The van der Waals surface area contributed by atoms with Crippen LogP contribution in [0.25, 0.3) is 16.9 Å². The smallest absolute Gasteiger partial charge is 0.180 e. The summed E-state index contributed by atoms with van der Waals surface area (Å²) in [6.07, 6.45) is 1.66. The van der Waals surface area contributed by atoms with Crippen molar-refractivity contribution in [1.29, 1.82) is 0 Å². The van der Waals surface area contributed by atoms with Crippen molar-refractivity contribution >= 4 is 23.0 Å². The Kier molecular flexibility index (Phi) is 3.03. The Labute approximate surface area is 119 Å². The van der Waals surface area contributed by atoms with E-state index in [-0.39, 0.29) is 11.6 Å². The number of nitrogens with zero attached hydrogens (tertiary/aromatic N) is 2. The monoisotopic (exact) mass is 288 g/mol. The molecule has 5 heteroatoms. The molecule has 0 bridgehead atoms. The fraction of sp³-hybridized carbons (Fsp3) is 0.0667. The highest BCUT2D eigenvalue weighted by Crippen LogP contribution is 2.27. The summed E-state index contributed by atoms with van der Waals surface area (Å²) < 4.78 is 15.1. The summed E-state index contributed by atoms with van der Waals surface area (Å²) >= 11 is 5.99. The van der Waals surface area contributed by atoms with Crippen LogP contribution in [0, 0.1) is 5.82 Å². The predicted molar refractivity (Wildman–Crippen MR) is 75.6 cm³/mol. The number of ketones is 1. The summed E-state index contributed by atoms with van der Waals surface area (Å²) in [4.78, 5) is 16.1. The molecule has 0 N–H and O–H groups in total. The molecule has 0 aliphatic rings. The maximum atomic E-state index is 13.4. The number of hydrogen-bond donors (Lipinski definition) is 0. The van der Waals surface area contributed by atoms with E-state index in [1.54, 1.807) is 34.9 Å². The molecule has 2 aromatic heterocycles. The van der Waals surface area contributed by atoms with Gasteiger partial charge in [-0.05, 0) is 24.3 Å². The molecular weight excluding hydrogens is 279 g/mol. The highest BCUT2D eigenvalue weighted by molar-refractivity contribution is 6.30. The molecule has 1 aromatic carbocycles. The molecule has 0 saturated heterocycles. The van der Waals surface area contributed by atoms with Gasteiger partial charge in [0, 0.05) is 18.7 Å². The van der Waals surface area contributed by atoms with Crippen LogP contribution in [-0.4, -0.2) is 15.2 Å². The van der Waals surface area contributed by atoms with Gasteiger partial charge in [0.2, 0.25) is 0 Å². The Morgan fingerprint density at radius 1 is 1.30 bits per heavy atom. The highest BCUT2D eigenvalue weighted by Gasteiger charge is 2.17. The average Bonchev–Trinajstić information content (AvgIpc) is 2.77. The first-order valence-corrected chi connectivity index (χ1v) is 6.38. The number of halogens is 2. The van der Waals surface area contributed by atoms with E-state index in [2.05, 4.69) is 4.98 Å². The van der Waals surface area contributed by atoms with Crippen molar-refractivity contribution in [3.63, 3.8) is 0 Å². The van der Waals surface area contributed by atoms with Crippen molar-refractivity contribution in [3.8, 4) is 11.3 Å². The number of rotatable bonds is 2. The van der Waals surface area contributed by atoms with E-state index >= 15 is 0 Å². The molecule has 0 unspecified atom stereocenters. The fourth-order valence-corrected chi connectivity index (χ4v) is 2.34. The van der Waals surface area contributed by atoms with Crippen LogP contribution in [0.4, 0.5) is 4.39 Å². The van der Waals surface area contributed by atoms with Gasteiger partial charge >= 0.3 is 0 Å². The number of hydrogen-bond acceptors (Lipinski definition) is 2. The topological polar surface area (TPSA) is 34.4 Å². The van der Waals surface area contributed by atoms with Crippen molar-refractivity contribution < 1.29 is 9.18 Å². The van der Waals surface area contributed by atoms with Gasteiger partial charge in [0.25, 0.3) is 0 Å². The van der Waals surface area contributed by atoms with E-state index < -0.39 is 0 Å². The summed E-state index contributed by atoms with van der Waals surface area (Å²) in [7, 11) is 0. The quantitative estimate of drug-likeness (QED) is 0.668. The van der Waals surface area contributed by atoms with E-state index in [9.17, 15) is 9.18 Å². The van der Waals surface area contributed by atoms with Crippen LogP contribution in [0.2, 0.25) is 5.02 Å². The van der Waals surface area contributed by atoms with Crippen molar-refractivity contribution in [1.82, 2.24) is 9.38 Å². The molecule has 0 amide bonds. The van der Waals surface area contributed by atoms with Gasteiger partial charge in [-0.3, -0.25) is 9.20 Å². The Bertz CT molecular complexity index is 826. The van der Waals surface area contributed by atoms with Gasteiger partial charge in [-0.2, -0.15) is 0 Å². The molecule has 0 aliphatic carbocycles. The number of aromatic nitrogens is 2. The van der Waals surface area contributed by atoms with Crippen LogP contribution in [0.5, 0.6) is 0 Å². The van der Waals surface area contributed by atoms with Gasteiger partial charge in [-0.1, -0.05) is 23.7 Å². The van der Waals surface area contributed by atoms with E-state index in [0.29, 0.717) is 27.6 Å². The van der Waals surface area contributed by atoms with Crippen LogP contribution >= 0.6 is 11.6 Å². The van der Waals surface area contributed by atoms with Gasteiger partial charge in [0.05, 0.1) is 10.7 Å². The van der Waals surface area contributed by atoms with Crippen LogP contribution < -0.4 is 0 Å². The van der Waals surface area contributed by atoms with Gasteiger partial charge in [0.1, 0.15) is 17.2 Å². The molecule has 100 valence electrons. The van der Waals surface area contributed by atoms with E-state index in [4.69, 9.17) is 11.6 Å². The summed E-state index contributed by atoms with van der Waals surface area (Å²) in [5.41, 5.74) is 2.04. The summed E-state index contributed by atoms with van der Waals surface area (Å²) in [6, 6.07) is 9.48. The van der Waals surface area contributed by atoms with Crippen molar-refractivity contribution in [2.45, 2.75) is 6.92 Å². The molecular formula is C15H10ClFN2O. The second kappa shape index (κ2) is 4.72. The van der Waals surface area contributed by atoms with Gasteiger partial charge in [-0.25, -0.2) is 9.37 Å². The molecule has 3 nitrogen and oxygen atoms in total. The largest absolute Gasteiger partial charge is 0.297 e. The number of imidazole rings is 1. The molecule has 0 fully saturated rings. The fourth-order valence-electron chi connectivity index (χ4n) is 2.18. The molecule has 0 saturated carbocycles. The number of Topliss-reactive ketones (excluding diaryl/α,β-unsaturated/α-hetero) is 1. The maximum absolute atomic E-state index is 13.4. The lowest BCUT2D eigenvalue weighted by molar-refractivity contribution is 0.101. The summed E-state index contributed by atoms with van der Waals surface area (Å²) in [5, 5.41) is 0.516. The second-order valence-corrected chi connectivity index (χ2v) is 4.89. The Morgan fingerprint density at radius 2 is 2.10 bits per heavy atom. The lowest BCUT2D eigenvalue weighted by Gasteiger charge is -2.04. The zero-order valence-corrected chi connectivity index (χ0v) is 11.4. The first-order valence-electron chi connectivity index (χ1n) is 6.01. The van der Waals surface area contributed by atoms with Gasteiger partial charge in [0.15, 0.2) is 5.78 Å². The van der Waals surface area contributed by atoms with Crippen LogP contribution in [0.3, 0.4) is 0 Å². The third-order valence-corrected chi connectivity index (χ3v) is 3.24. The number of pyridine rings is 1. The van der Waals surface area contributed by atoms with E-state index in [1.165, 1.54) is 19.1 Å². The molecule has 0 atom stereocenters. The number of carbonyl (C=O) groups excluding carboxylic acids is 1. The normalized spacial score (nSPS) is 10.9. The zero-order chi connectivity index (χ0) is 14.3. The molecule has 0 aliphatic heterocycles. The Morgan fingerprint density at radius 3 is 2.80 bits per heavy atom. The number of carbonyl (C=O) groups is 1. The van der Waals surface area contributed by atoms with Gasteiger partial charge in [-0.15, -0.1) is 0 Å². The molecule has 20 heavy (non-hydrogen) atoms. The molecule has 0 spiro atoms. The first kappa shape index (κ1) is 12.8. The van der Waals surface area contributed by atoms with Crippen molar-refractivity contribution in [2.75, 3.05) is 0 Å². The third-order valence-electron chi connectivity index (χ3n) is 3.01. The third kappa shape index (κ3) is 2.08. The second-order valence-electron chi connectivity index (χ2n) is 4.45.